The van der Waals surface area contributed by atoms with Crippen LogP contribution in [0.15, 0.2) is 0 Å². The van der Waals surface area contributed by atoms with Crippen LogP contribution < -0.4 is 0 Å². The van der Waals surface area contributed by atoms with Gasteiger partial charge in [0.15, 0.2) is 0 Å². The van der Waals surface area contributed by atoms with Crippen LogP contribution in [0.4, 0.5) is 0 Å². The van der Waals surface area contributed by atoms with Gasteiger partial charge in [-0.15, -0.1) is 0 Å². The standard InChI is InChI=1S/C2H6O2P/c3-1-5-2-4/h3-4H,1-2H2. The van der Waals surface area contributed by atoms with Gasteiger partial charge in [-0.1, -0.05) is 0 Å². The highest BCUT2D eigenvalue weighted by atomic mass is 31.1. The van der Waals surface area contributed by atoms with E-state index in [4.69, 9.17) is 10.2 Å². The molecule has 0 spiro atoms. The molecule has 0 aliphatic rings. The minimum Gasteiger partial charge on any atom is -0.391 e. The fraction of sp³-hybridized carbons (Fsp3) is 1.00. The van der Waals surface area contributed by atoms with E-state index in [1.165, 1.54) is 0 Å². The Morgan fingerprint density at radius 2 is 1.60 bits per heavy atom. The number of aliphatic hydroxyl groups is 2. The van der Waals surface area contributed by atoms with Crippen molar-refractivity contribution in [2.45, 2.75) is 0 Å². The normalized spacial score (nSPS) is 8.40. The molecule has 31 valence electrons. The molecule has 0 fully saturated rings. The molecule has 0 heterocycles. The molecule has 0 atom stereocenters. The van der Waals surface area contributed by atoms with Crippen molar-refractivity contribution in [3.63, 3.8) is 0 Å². The summed E-state index contributed by atoms with van der Waals surface area (Å²) < 4.78 is 0. The molecule has 0 aromatic carbocycles. The van der Waals surface area contributed by atoms with Crippen molar-refractivity contribution >= 4 is 8.58 Å². The van der Waals surface area contributed by atoms with E-state index in [0.29, 0.717) is 8.58 Å². The quantitative estimate of drug-likeness (QED) is 0.465. The van der Waals surface area contributed by atoms with Crippen LogP contribution in [0.5, 0.6) is 0 Å². The van der Waals surface area contributed by atoms with Crippen LogP contribution in [0.2, 0.25) is 0 Å². The lowest BCUT2D eigenvalue weighted by molar-refractivity contribution is 0.348. The van der Waals surface area contributed by atoms with Gasteiger partial charge in [0.1, 0.15) is 0 Å². The second-order valence-corrected chi connectivity index (χ2v) is 1.52. The Bertz CT molecular complexity index is 15.1. The number of aliphatic hydroxyl groups excluding tert-OH is 2. The van der Waals surface area contributed by atoms with Gasteiger partial charge in [0.05, 0.1) is 12.7 Å². The number of hydrogen-bond acceptors (Lipinski definition) is 2. The van der Waals surface area contributed by atoms with Crippen LogP contribution in [0.3, 0.4) is 0 Å². The zero-order chi connectivity index (χ0) is 4.12. The molecule has 2 N–H and O–H groups in total. The summed E-state index contributed by atoms with van der Waals surface area (Å²) in [5.74, 6) is 0. The van der Waals surface area contributed by atoms with Gasteiger partial charge >= 0.3 is 0 Å². The van der Waals surface area contributed by atoms with Gasteiger partial charge < -0.3 is 10.2 Å². The molecular weight excluding hydrogens is 87.0 g/mol. The third-order valence-corrected chi connectivity index (χ3v) is 0.600. The number of rotatable bonds is 2. The molecule has 0 aromatic heterocycles. The van der Waals surface area contributed by atoms with E-state index in [0.717, 1.165) is 0 Å². The summed E-state index contributed by atoms with van der Waals surface area (Å²) >= 11 is 0. The monoisotopic (exact) mass is 93.0 g/mol. The SMILES string of the molecule is OC[P]CO. The maximum atomic E-state index is 7.89. The van der Waals surface area contributed by atoms with Gasteiger partial charge in [-0.2, -0.15) is 0 Å². The topological polar surface area (TPSA) is 40.5 Å². The van der Waals surface area contributed by atoms with Crippen LogP contribution in [-0.4, -0.2) is 22.9 Å². The lowest BCUT2D eigenvalue weighted by atomic mass is 11.7. The average Bonchev–Trinajstić information content (AvgIpc) is 1.41. The molecule has 0 unspecified atom stereocenters. The molecule has 0 saturated carbocycles. The van der Waals surface area contributed by atoms with Crippen molar-refractivity contribution < 1.29 is 10.2 Å². The largest absolute Gasteiger partial charge is 0.391 e. The summed E-state index contributed by atoms with van der Waals surface area (Å²) in [7, 11) is 0.691. The fourth-order valence-corrected chi connectivity index (χ4v) is 0.134. The maximum absolute atomic E-state index is 7.89. The van der Waals surface area contributed by atoms with Crippen molar-refractivity contribution in [2.24, 2.45) is 0 Å². The second kappa shape index (κ2) is 4.35. The Morgan fingerprint density at radius 1 is 1.20 bits per heavy atom. The third-order valence-electron chi connectivity index (χ3n) is 0.200. The first kappa shape index (κ1) is 5.35. The Morgan fingerprint density at radius 3 is 1.60 bits per heavy atom. The van der Waals surface area contributed by atoms with Crippen molar-refractivity contribution in [3.8, 4) is 0 Å². The smallest absolute Gasteiger partial charge is 0.0688 e. The van der Waals surface area contributed by atoms with Gasteiger partial charge in [0.25, 0.3) is 0 Å². The van der Waals surface area contributed by atoms with Crippen LogP contribution in [0.1, 0.15) is 0 Å². The summed E-state index contributed by atoms with van der Waals surface area (Å²) in [6.07, 6.45) is 0.132. The molecule has 0 amide bonds. The minimum absolute atomic E-state index is 0.0660. The first-order valence-electron chi connectivity index (χ1n) is 1.26. The van der Waals surface area contributed by atoms with Crippen molar-refractivity contribution in [2.75, 3.05) is 12.7 Å². The lowest BCUT2D eigenvalue weighted by Crippen LogP contribution is -1.70. The molecule has 0 aliphatic heterocycles. The van der Waals surface area contributed by atoms with E-state index < -0.39 is 0 Å². The molecule has 1 radical (unpaired) electrons. The first-order valence-corrected chi connectivity index (χ1v) is 2.53. The van der Waals surface area contributed by atoms with Gasteiger partial charge in [0, 0.05) is 0 Å². The average molecular weight is 93.0 g/mol. The van der Waals surface area contributed by atoms with E-state index in [1.54, 1.807) is 0 Å². The molecule has 0 bridgehead atoms. The Balaban J connectivity index is 2.19. The Hall–Kier alpha value is 0.350. The maximum Gasteiger partial charge on any atom is 0.0688 e. The lowest BCUT2D eigenvalue weighted by Gasteiger charge is -1.78. The summed E-state index contributed by atoms with van der Waals surface area (Å²) in [5.41, 5.74) is 0. The zero-order valence-corrected chi connectivity index (χ0v) is 3.65. The summed E-state index contributed by atoms with van der Waals surface area (Å²) in [4.78, 5) is 0. The summed E-state index contributed by atoms with van der Waals surface area (Å²) in [6, 6.07) is 0. The molecule has 5 heavy (non-hydrogen) atoms. The third kappa shape index (κ3) is 4.35. The van der Waals surface area contributed by atoms with E-state index in [1.807, 2.05) is 0 Å². The predicted molar refractivity (Wildman–Crippen MR) is 21.1 cm³/mol. The molecule has 0 aromatic rings. The van der Waals surface area contributed by atoms with Crippen LogP contribution in [0, 0.1) is 0 Å². The van der Waals surface area contributed by atoms with Crippen molar-refractivity contribution in [3.05, 3.63) is 0 Å². The number of hydrogen-bond donors (Lipinski definition) is 2. The van der Waals surface area contributed by atoms with E-state index in [9.17, 15) is 0 Å². The van der Waals surface area contributed by atoms with E-state index in [2.05, 4.69) is 0 Å². The predicted octanol–water partition coefficient (Wildman–Crippen LogP) is -0.168. The summed E-state index contributed by atoms with van der Waals surface area (Å²) in [6.45, 7) is 0. The van der Waals surface area contributed by atoms with Gasteiger partial charge in [-0.25, -0.2) is 0 Å². The fourth-order valence-electron chi connectivity index (χ4n) is 0.0447. The van der Waals surface area contributed by atoms with Gasteiger partial charge in [0.2, 0.25) is 0 Å². The van der Waals surface area contributed by atoms with Gasteiger partial charge in [-0.05, 0) is 8.58 Å². The summed E-state index contributed by atoms with van der Waals surface area (Å²) in [5, 5.41) is 15.8. The molecule has 2 nitrogen and oxygen atoms in total. The van der Waals surface area contributed by atoms with E-state index in [-0.39, 0.29) is 12.7 Å². The Labute approximate surface area is 32.6 Å². The van der Waals surface area contributed by atoms with Crippen LogP contribution in [0.25, 0.3) is 0 Å². The minimum atomic E-state index is 0.0660. The van der Waals surface area contributed by atoms with Crippen LogP contribution >= 0.6 is 8.58 Å². The van der Waals surface area contributed by atoms with Crippen molar-refractivity contribution in [1.29, 1.82) is 0 Å². The highest BCUT2D eigenvalue weighted by Crippen LogP contribution is 2.00. The molecule has 0 aliphatic carbocycles. The molecular formula is C2H6O2P. The highest BCUT2D eigenvalue weighted by Gasteiger charge is 1.71. The molecule has 0 rings (SSSR count). The molecule has 3 heteroatoms. The zero-order valence-electron chi connectivity index (χ0n) is 2.76. The van der Waals surface area contributed by atoms with Gasteiger partial charge in [-0.3, -0.25) is 0 Å². The molecule has 0 saturated heterocycles. The second-order valence-electron chi connectivity index (χ2n) is 0.506. The van der Waals surface area contributed by atoms with Crippen LogP contribution in [-0.2, 0) is 0 Å². The Kier molecular flexibility index (Phi) is 4.65. The first-order chi connectivity index (χ1) is 2.41. The van der Waals surface area contributed by atoms with E-state index >= 15 is 0 Å². The highest BCUT2D eigenvalue weighted by molar-refractivity contribution is 7.37. The van der Waals surface area contributed by atoms with Crippen molar-refractivity contribution in [1.82, 2.24) is 0 Å².